The van der Waals surface area contributed by atoms with E-state index < -0.39 is 10.7 Å². The van der Waals surface area contributed by atoms with Crippen molar-refractivity contribution in [2.75, 3.05) is 12.4 Å². The van der Waals surface area contributed by atoms with Crippen molar-refractivity contribution in [3.63, 3.8) is 0 Å². The highest BCUT2D eigenvalue weighted by molar-refractivity contribution is 8.01. The minimum absolute atomic E-state index is 0.616. The minimum Gasteiger partial charge on any atom is -0.494 e. The first-order chi connectivity index (χ1) is 8.83. The van der Waals surface area contributed by atoms with Gasteiger partial charge in [-0.15, -0.1) is 11.8 Å². The number of benzene rings is 1. The number of hydrogen-bond donors (Lipinski definition) is 1. The number of carboxylic acid groups (broad SMARTS) is 1. The lowest BCUT2D eigenvalue weighted by molar-refractivity contribution is -0.138. The van der Waals surface area contributed by atoms with Gasteiger partial charge in [-0.25, -0.2) is 0 Å². The smallest absolute Gasteiger partial charge is 0.319 e. The highest BCUT2D eigenvalue weighted by Gasteiger charge is 2.26. The van der Waals surface area contributed by atoms with Crippen molar-refractivity contribution in [2.24, 2.45) is 0 Å². The molecule has 1 aromatic rings. The Balaban J connectivity index is 2.28. The van der Waals surface area contributed by atoms with Crippen LogP contribution in [0.4, 0.5) is 0 Å². The van der Waals surface area contributed by atoms with E-state index in [-0.39, 0.29) is 0 Å². The van der Waals surface area contributed by atoms with Crippen LogP contribution < -0.4 is 4.74 Å². The molecule has 19 heavy (non-hydrogen) atoms. The van der Waals surface area contributed by atoms with Gasteiger partial charge in [0.05, 0.1) is 6.61 Å². The third kappa shape index (κ3) is 5.15. The van der Waals surface area contributed by atoms with E-state index in [1.165, 1.54) is 22.9 Å². The molecule has 0 amide bonds. The Kier molecular flexibility index (Phi) is 5.73. The minimum atomic E-state index is -0.771. The molecule has 0 aliphatic carbocycles. The standard InChI is InChI=1S/C15H22O3S/c1-11-6-7-13(10-12(11)2)18-8-5-9-19-15(3,4)14(16)17/h6-7,10H,5,8-9H2,1-4H3,(H,16,17). The third-order valence-corrected chi connectivity index (χ3v) is 4.40. The molecule has 0 saturated heterocycles. The van der Waals surface area contributed by atoms with Gasteiger partial charge in [-0.2, -0.15) is 0 Å². The van der Waals surface area contributed by atoms with E-state index in [1.807, 2.05) is 18.2 Å². The molecule has 0 unspecified atom stereocenters. The van der Waals surface area contributed by atoms with Crippen LogP contribution in [0.3, 0.4) is 0 Å². The normalized spacial score (nSPS) is 11.4. The molecule has 4 heteroatoms. The Morgan fingerprint density at radius 1 is 1.32 bits per heavy atom. The van der Waals surface area contributed by atoms with Crippen LogP contribution in [-0.2, 0) is 4.79 Å². The van der Waals surface area contributed by atoms with Crippen LogP contribution in [0.25, 0.3) is 0 Å². The van der Waals surface area contributed by atoms with Gasteiger partial charge in [-0.05, 0) is 63.1 Å². The van der Waals surface area contributed by atoms with E-state index >= 15 is 0 Å². The second kappa shape index (κ2) is 6.85. The molecule has 0 aliphatic heterocycles. The van der Waals surface area contributed by atoms with E-state index in [2.05, 4.69) is 13.8 Å². The summed E-state index contributed by atoms with van der Waals surface area (Å²) >= 11 is 1.45. The van der Waals surface area contributed by atoms with Gasteiger partial charge in [0.15, 0.2) is 0 Å². The maximum absolute atomic E-state index is 10.9. The average molecular weight is 282 g/mol. The maximum atomic E-state index is 10.9. The van der Waals surface area contributed by atoms with Crippen LogP contribution in [0.1, 0.15) is 31.4 Å². The van der Waals surface area contributed by atoms with Crippen molar-refractivity contribution in [3.05, 3.63) is 29.3 Å². The Hall–Kier alpha value is -1.16. The zero-order valence-electron chi connectivity index (χ0n) is 12.0. The number of rotatable bonds is 7. The second-order valence-corrected chi connectivity index (χ2v) is 6.83. The predicted molar refractivity (Wildman–Crippen MR) is 80.2 cm³/mol. The Labute approximate surface area is 119 Å². The first-order valence-corrected chi connectivity index (χ1v) is 7.39. The fourth-order valence-corrected chi connectivity index (χ4v) is 2.34. The first-order valence-electron chi connectivity index (χ1n) is 6.40. The zero-order chi connectivity index (χ0) is 14.5. The predicted octanol–water partition coefficient (Wildman–Crippen LogP) is 3.67. The maximum Gasteiger partial charge on any atom is 0.319 e. The summed E-state index contributed by atoms with van der Waals surface area (Å²) in [7, 11) is 0. The van der Waals surface area contributed by atoms with Gasteiger partial charge >= 0.3 is 5.97 Å². The van der Waals surface area contributed by atoms with Crippen molar-refractivity contribution in [3.8, 4) is 5.75 Å². The molecule has 0 radical (unpaired) electrons. The van der Waals surface area contributed by atoms with E-state index in [1.54, 1.807) is 13.8 Å². The summed E-state index contributed by atoms with van der Waals surface area (Å²) in [5, 5.41) is 8.98. The van der Waals surface area contributed by atoms with E-state index in [0.29, 0.717) is 6.61 Å². The molecule has 3 nitrogen and oxygen atoms in total. The number of hydrogen-bond acceptors (Lipinski definition) is 3. The highest BCUT2D eigenvalue weighted by Crippen LogP contribution is 2.25. The molecule has 0 aromatic heterocycles. The van der Waals surface area contributed by atoms with Gasteiger partial charge in [0.1, 0.15) is 10.5 Å². The molecule has 0 aliphatic rings. The Morgan fingerprint density at radius 2 is 2.00 bits per heavy atom. The number of aliphatic carboxylic acids is 1. The number of ether oxygens (including phenoxy) is 1. The second-order valence-electron chi connectivity index (χ2n) is 5.11. The fraction of sp³-hybridized carbons (Fsp3) is 0.533. The molecule has 106 valence electrons. The van der Waals surface area contributed by atoms with Gasteiger partial charge in [0.2, 0.25) is 0 Å². The quantitative estimate of drug-likeness (QED) is 0.775. The summed E-state index contributed by atoms with van der Waals surface area (Å²) in [5.41, 5.74) is 2.48. The Morgan fingerprint density at radius 3 is 2.58 bits per heavy atom. The summed E-state index contributed by atoms with van der Waals surface area (Å²) in [6.45, 7) is 8.21. The number of aryl methyl sites for hydroxylation is 2. The van der Waals surface area contributed by atoms with Gasteiger partial charge in [0, 0.05) is 0 Å². The number of carboxylic acids is 1. The lowest BCUT2D eigenvalue weighted by Crippen LogP contribution is -2.27. The van der Waals surface area contributed by atoms with E-state index in [9.17, 15) is 4.79 Å². The van der Waals surface area contributed by atoms with Gasteiger partial charge < -0.3 is 9.84 Å². The summed E-state index contributed by atoms with van der Waals surface area (Å²) in [4.78, 5) is 10.9. The zero-order valence-corrected chi connectivity index (χ0v) is 12.8. The van der Waals surface area contributed by atoms with Gasteiger partial charge in [0.25, 0.3) is 0 Å². The number of thioether (sulfide) groups is 1. The topological polar surface area (TPSA) is 46.5 Å². The lowest BCUT2D eigenvalue weighted by atomic mass is 10.1. The highest BCUT2D eigenvalue weighted by atomic mass is 32.2. The van der Waals surface area contributed by atoms with Gasteiger partial charge in [-0.3, -0.25) is 4.79 Å². The Bertz CT molecular complexity index is 441. The van der Waals surface area contributed by atoms with E-state index in [4.69, 9.17) is 9.84 Å². The van der Waals surface area contributed by atoms with Crippen molar-refractivity contribution in [1.82, 2.24) is 0 Å². The number of carbonyl (C=O) groups is 1. The molecule has 0 heterocycles. The third-order valence-electron chi connectivity index (χ3n) is 3.01. The summed E-state index contributed by atoms with van der Waals surface area (Å²) < 4.78 is 4.93. The average Bonchev–Trinajstić information content (AvgIpc) is 2.33. The van der Waals surface area contributed by atoms with E-state index in [0.717, 1.165) is 17.9 Å². The summed E-state index contributed by atoms with van der Waals surface area (Å²) in [5.74, 6) is 0.891. The van der Waals surface area contributed by atoms with Gasteiger partial charge in [-0.1, -0.05) is 6.07 Å². The molecular weight excluding hydrogens is 260 g/mol. The fourth-order valence-electron chi connectivity index (χ4n) is 1.44. The van der Waals surface area contributed by atoms with Crippen LogP contribution in [-0.4, -0.2) is 28.2 Å². The monoisotopic (exact) mass is 282 g/mol. The lowest BCUT2D eigenvalue weighted by Gasteiger charge is -2.18. The van der Waals surface area contributed by atoms with Crippen LogP contribution in [0, 0.1) is 13.8 Å². The molecule has 1 rings (SSSR count). The molecule has 0 atom stereocenters. The summed E-state index contributed by atoms with van der Waals surface area (Å²) in [6, 6.07) is 6.05. The molecule has 0 fully saturated rings. The van der Waals surface area contributed by atoms with Crippen molar-refractivity contribution in [2.45, 2.75) is 38.9 Å². The molecule has 0 bridgehead atoms. The largest absolute Gasteiger partial charge is 0.494 e. The van der Waals surface area contributed by atoms with Crippen LogP contribution in [0.2, 0.25) is 0 Å². The first kappa shape index (κ1) is 15.9. The van der Waals surface area contributed by atoms with Crippen LogP contribution in [0.5, 0.6) is 5.75 Å². The van der Waals surface area contributed by atoms with Crippen molar-refractivity contribution in [1.29, 1.82) is 0 Å². The van der Waals surface area contributed by atoms with Crippen molar-refractivity contribution >= 4 is 17.7 Å². The van der Waals surface area contributed by atoms with Crippen molar-refractivity contribution < 1.29 is 14.6 Å². The summed E-state index contributed by atoms with van der Waals surface area (Å²) in [6.07, 6.45) is 0.842. The molecular formula is C15H22O3S. The molecule has 0 saturated carbocycles. The SMILES string of the molecule is Cc1ccc(OCCCSC(C)(C)C(=O)O)cc1C. The van der Waals surface area contributed by atoms with Crippen LogP contribution in [0.15, 0.2) is 18.2 Å². The van der Waals surface area contributed by atoms with Crippen LogP contribution >= 0.6 is 11.8 Å². The molecule has 0 spiro atoms. The molecule has 1 aromatic carbocycles. The molecule has 1 N–H and O–H groups in total.